The Balaban J connectivity index is 1.84. The fraction of sp³-hybridized carbons (Fsp3) is 0.900. The van der Waals surface area contributed by atoms with E-state index in [4.69, 9.17) is 15.2 Å². The van der Waals surface area contributed by atoms with Crippen molar-refractivity contribution in [3.8, 4) is 0 Å². The standard InChI is InChI=1S/C10H17NO3/c1-13-9(12)7-4-10(5-7)3-2-8(6-11)14-10/h7-8H,2-6,11H2,1H3. The van der Waals surface area contributed by atoms with Crippen LogP contribution in [0, 0.1) is 5.92 Å². The summed E-state index contributed by atoms with van der Waals surface area (Å²) in [5, 5.41) is 0. The monoisotopic (exact) mass is 199 g/mol. The molecule has 2 rings (SSSR count). The van der Waals surface area contributed by atoms with Crippen LogP contribution in [-0.2, 0) is 14.3 Å². The van der Waals surface area contributed by atoms with Crippen LogP contribution in [0.25, 0.3) is 0 Å². The van der Waals surface area contributed by atoms with E-state index in [9.17, 15) is 4.79 Å². The summed E-state index contributed by atoms with van der Waals surface area (Å²) in [7, 11) is 1.44. The maximum absolute atomic E-state index is 11.2. The first-order valence-corrected chi connectivity index (χ1v) is 5.15. The van der Waals surface area contributed by atoms with Gasteiger partial charge < -0.3 is 15.2 Å². The zero-order valence-electron chi connectivity index (χ0n) is 8.49. The van der Waals surface area contributed by atoms with Crippen LogP contribution in [0.5, 0.6) is 0 Å². The van der Waals surface area contributed by atoms with Gasteiger partial charge in [0.2, 0.25) is 0 Å². The summed E-state index contributed by atoms with van der Waals surface area (Å²) < 4.78 is 10.5. The molecule has 80 valence electrons. The molecule has 0 radical (unpaired) electrons. The van der Waals surface area contributed by atoms with E-state index in [1.807, 2.05) is 0 Å². The Hall–Kier alpha value is -0.610. The molecule has 1 aliphatic heterocycles. The van der Waals surface area contributed by atoms with Crippen molar-refractivity contribution >= 4 is 5.97 Å². The fourth-order valence-electron chi connectivity index (χ4n) is 2.53. The maximum atomic E-state index is 11.2. The molecule has 1 atom stereocenters. The average molecular weight is 199 g/mol. The van der Waals surface area contributed by atoms with Crippen LogP contribution in [0.1, 0.15) is 25.7 Å². The van der Waals surface area contributed by atoms with Gasteiger partial charge in [0.25, 0.3) is 0 Å². The Labute approximate surface area is 83.7 Å². The lowest BCUT2D eigenvalue weighted by Crippen LogP contribution is -2.47. The molecule has 0 bridgehead atoms. The van der Waals surface area contributed by atoms with Crippen LogP contribution in [0.15, 0.2) is 0 Å². The summed E-state index contributed by atoms with van der Waals surface area (Å²) in [6, 6.07) is 0. The van der Waals surface area contributed by atoms with Gasteiger partial charge in [-0.3, -0.25) is 4.79 Å². The van der Waals surface area contributed by atoms with Gasteiger partial charge in [-0.1, -0.05) is 0 Å². The average Bonchev–Trinajstić information content (AvgIpc) is 2.58. The normalized spacial score (nSPS) is 41.0. The lowest BCUT2D eigenvalue weighted by Gasteiger charge is -2.43. The smallest absolute Gasteiger partial charge is 0.308 e. The second-order valence-electron chi connectivity index (χ2n) is 4.33. The highest BCUT2D eigenvalue weighted by atomic mass is 16.5. The van der Waals surface area contributed by atoms with Crippen LogP contribution in [0.2, 0.25) is 0 Å². The molecule has 2 aliphatic rings. The first-order valence-electron chi connectivity index (χ1n) is 5.15. The van der Waals surface area contributed by atoms with E-state index in [0.717, 1.165) is 25.7 Å². The molecule has 0 aromatic rings. The van der Waals surface area contributed by atoms with Gasteiger partial charge in [-0.05, 0) is 25.7 Å². The zero-order valence-corrected chi connectivity index (χ0v) is 8.49. The molecule has 0 aromatic carbocycles. The summed E-state index contributed by atoms with van der Waals surface area (Å²) in [6.07, 6.45) is 3.91. The van der Waals surface area contributed by atoms with Crippen LogP contribution in [-0.4, -0.2) is 31.3 Å². The summed E-state index contributed by atoms with van der Waals surface area (Å²) in [4.78, 5) is 11.2. The molecule has 1 spiro atoms. The molecule has 1 heterocycles. The SMILES string of the molecule is COC(=O)C1CC2(CCC(CN)O2)C1. The Bertz CT molecular complexity index is 236. The van der Waals surface area contributed by atoms with E-state index in [2.05, 4.69) is 0 Å². The number of nitrogens with two attached hydrogens (primary N) is 1. The summed E-state index contributed by atoms with van der Waals surface area (Å²) in [6.45, 7) is 0.588. The van der Waals surface area contributed by atoms with Crippen molar-refractivity contribution in [2.24, 2.45) is 11.7 Å². The number of esters is 1. The molecule has 1 unspecified atom stereocenters. The summed E-state index contributed by atoms with van der Waals surface area (Å²) >= 11 is 0. The second-order valence-corrected chi connectivity index (χ2v) is 4.33. The van der Waals surface area contributed by atoms with Crippen LogP contribution in [0.4, 0.5) is 0 Å². The highest BCUT2D eigenvalue weighted by Crippen LogP contribution is 2.49. The minimum Gasteiger partial charge on any atom is -0.469 e. The van der Waals surface area contributed by atoms with Gasteiger partial charge in [0.05, 0.1) is 24.7 Å². The Morgan fingerprint density at radius 1 is 1.64 bits per heavy atom. The lowest BCUT2D eigenvalue weighted by atomic mass is 9.69. The second kappa shape index (κ2) is 3.51. The number of ether oxygens (including phenoxy) is 2. The highest BCUT2D eigenvalue weighted by Gasteiger charge is 2.52. The van der Waals surface area contributed by atoms with Crippen molar-refractivity contribution in [3.05, 3.63) is 0 Å². The zero-order chi connectivity index (χ0) is 10.2. The Morgan fingerprint density at radius 3 is 2.86 bits per heavy atom. The number of hydrogen-bond donors (Lipinski definition) is 1. The summed E-state index contributed by atoms with van der Waals surface area (Å²) in [5.41, 5.74) is 5.50. The number of rotatable bonds is 2. The molecule has 0 aromatic heterocycles. The first-order chi connectivity index (χ1) is 6.69. The Kier molecular flexibility index (Phi) is 2.49. The molecule has 2 fully saturated rings. The third kappa shape index (κ3) is 1.53. The van der Waals surface area contributed by atoms with Gasteiger partial charge in [-0.2, -0.15) is 0 Å². The number of carbonyl (C=O) groups is 1. The van der Waals surface area contributed by atoms with E-state index >= 15 is 0 Å². The molecular weight excluding hydrogens is 182 g/mol. The molecule has 4 nitrogen and oxygen atoms in total. The molecular formula is C10H17NO3. The largest absolute Gasteiger partial charge is 0.469 e. The van der Waals surface area contributed by atoms with Gasteiger partial charge in [-0.25, -0.2) is 0 Å². The van der Waals surface area contributed by atoms with Gasteiger partial charge in [-0.15, -0.1) is 0 Å². The van der Waals surface area contributed by atoms with Gasteiger partial charge >= 0.3 is 5.97 Å². The number of hydrogen-bond acceptors (Lipinski definition) is 4. The van der Waals surface area contributed by atoms with Crippen LogP contribution < -0.4 is 5.73 Å². The number of methoxy groups -OCH3 is 1. The molecule has 1 saturated heterocycles. The van der Waals surface area contributed by atoms with E-state index in [-0.39, 0.29) is 23.6 Å². The van der Waals surface area contributed by atoms with E-state index in [0.29, 0.717) is 6.54 Å². The van der Waals surface area contributed by atoms with Gasteiger partial charge in [0.15, 0.2) is 0 Å². The Morgan fingerprint density at radius 2 is 2.36 bits per heavy atom. The van der Waals surface area contributed by atoms with Gasteiger partial charge in [0, 0.05) is 6.54 Å². The quantitative estimate of drug-likeness (QED) is 0.656. The van der Waals surface area contributed by atoms with Crippen molar-refractivity contribution in [2.45, 2.75) is 37.4 Å². The van der Waals surface area contributed by atoms with E-state index in [1.165, 1.54) is 7.11 Å². The van der Waals surface area contributed by atoms with Crippen LogP contribution in [0.3, 0.4) is 0 Å². The number of carbonyl (C=O) groups excluding carboxylic acids is 1. The van der Waals surface area contributed by atoms with Crippen molar-refractivity contribution in [2.75, 3.05) is 13.7 Å². The highest BCUT2D eigenvalue weighted by molar-refractivity contribution is 5.73. The molecule has 1 aliphatic carbocycles. The maximum Gasteiger partial charge on any atom is 0.308 e. The van der Waals surface area contributed by atoms with Gasteiger partial charge in [0.1, 0.15) is 0 Å². The van der Waals surface area contributed by atoms with Crippen molar-refractivity contribution in [3.63, 3.8) is 0 Å². The van der Waals surface area contributed by atoms with Crippen molar-refractivity contribution in [1.29, 1.82) is 0 Å². The first kappa shape index (κ1) is 9.93. The van der Waals surface area contributed by atoms with E-state index in [1.54, 1.807) is 0 Å². The predicted molar refractivity (Wildman–Crippen MR) is 50.6 cm³/mol. The molecule has 2 N–H and O–H groups in total. The van der Waals surface area contributed by atoms with Crippen molar-refractivity contribution in [1.82, 2.24) is 0 Å². The predicted octanol–water partition coefficient (Wildman–Crippen LogP) is 0.446. The topological polar surface area (TPSA) is 61.5 Å². The van der Waals surface area contributed by atoms with E-state index < -0.39 is 0 Å². The minimum absolute atomic E-state index is 0.0388. The minimum atomic E-state index is -0.101. The molecule has 14 heavy (non-hydrogen) atoms. The third-order valence-electron chi connectivity index (χ3n) is 3.37. The summed E-state index contributed by atoms with van der Waals surface area (Å²) in [5.74, 6) is -0.0491. The molecule has 4 heteroatoms. The molecule has 0 amide bonds. The lowest BCUT2D eigenvalue weighted by molar-refractivity contribution is -0.167. The molecule has 1 saturated carbocycles. The third-order valence-corrected chi connectivity index (χ3v) is 3.37. The fourth-order valence-corrected chi connectivity index (χ4v) is 2.53. The van der Waals surface area contributed by atoms with Crippen molar-refractivity contribution < 1.29 is 14.3 Å². The van der Waals surface area contributed by atoms with Crippen LogP contribution >= 0.6 is 0 Å².